The number of piperidine rings is 1. The Hall–Kier alpha value is -0.0800. The van der Waals surface area contributed by atoms with Crippen LogP contribution in [0.15, 0.2) is 0 Å². The molecule has 0 aromatic heterocycles. The van der Waals surface area contributed by atoms with E-state index in [2.05, 4.69) is 10.6 Å². The molecule has 4 aliphatic rings. The smallest absolute Gasteiger partial charge is 0.0101 e. The van der Waals surface area contributed by atoms with Crippen LogP contribution >= 0.6 is 0 Å². The van der Waals surface area contributed by atoms with Crippen LogP contribution in [0, 0.1) is 29.6 Å². The Bertz CT molecular complexity index is 297. The Balaban J connectivity index is 1.31. The lowest BCUT2D eigenvalue weighted by atomic mass is 9.79. The Morgan fingerprint density at radius 3 is 2.61 bits per heavy atom. The standard InChI is InChI=1S/C16H28N2/c1-2-13-12-8-15(14(13)3-1)16(9-12)18-10-11-4-6-17-7-5-11/h11-18H,1-10H2. The summed E-state index contributed by atoms with van der Waals surface area (Å²) in [5.41, 5.74) is 0. The van der Waals surface area contributed by atoms with Crippen molar-refractivity contribution in [2.24, 2.45) is 29.6 Å². The van der Waals surface area contributed by atoms with E-state index >= 15 is 0 Å². The molecule has 18 heavy (non-hydrogen) atoms. The Kier molecular flexibility index (Phi) is 3.12. The highest BCUT2D eigenvalue weighted by Crippen LogP contribution is 2.58. The highest BCUT2D eigenvalue weighted by atomic mass is 15.0. The van der Waals surface area contributed by atoms with Crippen LogP contribution in [0.2, 0.25) is 0 Å². The molecule has 4 rings (SSSR count). The van der Waals surface area contributed by atoms with E-state index in [1.54, 1.807) is 19.3 Å². The van der Waals surface area contributed by atoms with E-state index in [-0.39, 0.29) is 0 Å². The lowest BCUT2D eigenvalue weighted by Gasteiger charge is -2.34. The third-order valence-corrected chi connectivity index (χ3v) is 6.56. The molecule has 5 unspecified atom stereocenters. The number of nitrogens with one attached hydrogen (secondary N) is 2. The van der Waals surface area contributed by atoms with E-state index in [0.717, 1.165) is 35.6 Å². The molecule has 3 aliphatic carbocycles. The summed E-state index contributed by atoms with van der Waals surface area (Å²) in [7, 11) is 0. The molecule has 2 nitrogen and oxygen atoms in total. The highest BCUT2D eigenvalue weighted by molar-refractivity contribution is 5.05. The maximum absolute atomic E-state index is 3.97. The van der Waals surface area contributed by atoms with Crippen molar-refractivity contribution >= 4 is 0 Å². The van der Waals surface area contributed by atoms with E-state index in [1.807, 2.05) is 0 Å². The van der Waals surface area contributed by atoms with Gasteiger partial charge in [-0.25, -0.2) is 0 Å². The minimum atomic E-state index is 0.893. The van der Waals surface area contributed by atoms with E-state index < -0.39 is 0 Å². The van der Waals surface area contributed by atoms with Crippen molar-refractivity contribution in [3.8, 4) is 0 Å². The molecule has 0 radical (unpaired) electrons. The van der Waals surface area contributed by atoms with Crippen LogP contribution in [0.3, 0.4) is 0 Å². The monoisotopic (exact) mass is 248 g/mol. The highest BCUT2D eigenvalue weighted by Gasteiger charge is 2.53. The first-order chi connectivity index (χ1) is 8.92. The maximum atomic E-state index is 3.97. The van der Waals surface area contributed by atoms with Gasteiger partial charge >= 0.3 is 0 Å². The van der Waals surface area contributed by atoms with Gasteiger partial charge in [0.15, 0.2) is 0 Å². The van der Waals surface area contributed by atoms with E-state index in [0.29, 0.717) is 0 Å². The summed E-state index contributed by atoms with van der Waals surface area (Å²) in [6, 6.07) is 0.893. The van der Waals surface area contributed by atoms with Gasteiger partial charge in [-0.3, -0.25) is 0 Å². The van der Waals surface area contributed by atoms with Gasteiger partial charge in [0.1, 0.15) is 0 Å². The first-order valence-electron chi connectivity index (χ1n) is 8.36. The SMILES string of the molecule is C1CC2C3CC(NCC4CCNCC4)C(C3)C2C1. The van der Waals surface area contributed by atoms with Crippen LogP contribution in [0.5, 0.6) is 0 Å². The molecular formula is C16H28N2. The van der Waals surface area contributed by atoms with Crippen molar-refractivity contribution < 1.29 is 0 Å². The first kappa shape index (κ1) is 11.7. The summed E-state index contributed by atoms with van der Waals surface area (Å²) in [5, 5.41) is 7.44. The fourth-order valence-corrected chi connectivity index (χ4v) is 5.71. The van der Waals surface area contributed by atoms with Gasteiger partial charge < -0.3 is 10.6 Å². The zero-order chi connectivity index (χ0) is 11.9. The lowest BCUT2D eigenvalue weighted by molar-refractivity contribution is 0.199. The third kappa shape index (κ3) is 1.92. The van der Waals surface area contributed by atoms with Gasteiger partial charge in [-0.15, -0.1) is 0 Å². The second-order valence-electron chi connectivity index (χ2n) is 7.36. The summed E-state index contributed by atoms with van der Waals surface area (Å²) < 4.78 is 0. The third-order valence-electron chi connectivity index (χ3n) is 6.56. The van der Waals surface area contributed by atoms with Gasteiger partial charge in [0.2, 0.25) is 0 Å². The fraction of sp³-hybridized carbons (Fsp3) is 1.00. The molecular weight excluding hydrogens is 220 g/mol. The van der Waals surface area contributed by atoms with Crippen LogP contribution in [0.25, 0.3) is 0 Å². The summed E-state index contributed by atoms with van der Waals surface area (Å²) in [4.78, 5) is 0. The van der Waals surface area contributed by atoms with Crippen LogP contribution in [0.1, 0.15) is 44.9 Å². The second kappa shape index (κ2) is 4.79. The summed E-state index contributed by atoms with van der Waals surface area (Å²) in [6.07, 6.45) is 10.5. The van der Waals surface area contributed by atoms with Crippen molar-refractivity contribution in [3.63, 3.8) is 0 Å². The van der Waals surface area contributed by atoms with Crippen LogP contribution < -0.4 is 10.6 Å². The zero-order valence-corrected chi connectivity index (χ0v) is 11.5. The summed E-state index contributed by atoms with van der Waals surface area (Å²) in [6.45, 7) is 3.79. The van der Waals surface area contributed by atoms with Gasteiger partial charge in [0.25, 0.3) is 0 Å². The molecule has 0 aromatic carbocycles. The fourth-order valence-electron chi connectivity index (χ4n) is 5.71. The quantitative estimate of drug-likeness (QED) is 0.801. The molecule has 2 heteroatoms. The molecule has 102 valence electrons. The first-order valence-corrected chi connectivity index (χ1v) is 8.36. The molecule has 2 bridgehead atoms. The van der Waals surface area contributed by atoms with Crippen molar-refractivity contribution in [1.29, 1.82) is 0 Å². The molecule has 1 aliphatic heterocycles. The van der Waals surface area contributed by atoms with Crippen LogP contribution in [-0.2, 0) is 0 Å². The minimum absolute atomic E-state index is 0.893. The number of fused-ring (bicyclic) bond motifs is 5. The average molecular weight is 248 g/mol. The Labute approximate surface area is 111 Å². The summed E-state index contributed by atoms with van der Waals surface area (Å²) in [5.74, 6) is 5.38. The minimum Gasteiger partial charge on any atom is -0.317 e. The van der Waals surface area contributed by atoms with Crippen molar-refractivity contribution in [3.05, 3.63) is 0 Å². The predicted octanol–water partition coefficient (Wildman–Crippen LogP) is 2.40. The zero-order valence-electron chi connectivity index (χ0n) is 11.5. The lowest BCUT2D eigenvalue weighted by Crippen LogP contribution is -2.43. The Morgan fingerprint density at radius 1 is 0.889 bits per heavy atom. The molecule has 5 atom stereocenters. The van der Waals surface area contributed by atoms with Crippen molar-refractivity contribution in [1.82, 2.24) is 10.6 Å². The molecule has 0 spiro atoms. The summed E-state index contributed by atoms with van der Waals surface area (Å²) >= 11 is 0. The number of hydrogen-bond acceptors (Lipinski definition) is 2. The van der Waals surface area contributed by atoms with E-state index in [9.17, 15) is 0 Å². The van der Waals surface area contributed by atoms with Gasteiger partial charge in [0.05, 0.1) is 0 Å². The van der Waals surface area contributed by atoms with Crippen molar-refractivity contribution in [2.45, 2.75) is 51.0 Å². The molecule has 2 N–H and O–H groups in total. The van der Waals surface area contributed by atoms with Gasteiger partial charge in [0, 0.05) is 6.04 Å². The van der Waals surface area contributed by atoms with E-state index in [1.165, 1.54) is 45.3 Å². The molecule has 0 amide bonds. The van der Waals surface area contributed by atoms with Crippen molar-refractivity contribution in [2.75, 3.05) is 19.6 Å². The van der Waals surface area contributed by atoms with E-state index in [4.69, 9.17) is 0 Å². The van der Waals surface area contributed by atoms with Gasteiger partial charge in [-0.2, -0.15) is 0 Å². The largest absolute Gasteiger partial charge is 0.317 e. The Morgan fingerprint density at radius 2 is 1.72 bits per heavy atom. The molecule has 1 saturated heterocycles. The molecule has 3 saturated carbocycles. The molecule has 1 heterocycles. The molecule has 4 fully saturated rings. The number of rotatable bonds is 3. The van der Waals surface area contributed by atoms with Crippen LogP contribution in [-0.4, -0.2) is 25.7 Å². The average Bonchev–Trinajstić information content (AvgIpc) is 3.09. The van der Waals surface area contributed by atoms with Gasteiger partial charge in [-0.05, 0) is 87.7 Å². The molecule has 0 aromatic rings. The van der Waals surface area contributed by atoms with Crippen LogP contribution in [0.4, 0.5) is 0 Å². The second-order valence-corrected chi connectivity index (χ2v) is 7.36. The van der Waals surface area contributed by atoms with Gasteiger partial charge in [-0.1, -0.05) is 6.42 Å². The predicted molar refractivity (Wildman–Crippen MR) is 74.4 cm³/mol. The normalized spacial score (nSPS) is 47.7. The maximum Gasteiger partial charge on any atom is 0.0101 e. The topological polar surface area (TPSA) is 24.1 Å². The number of hydrogen-bond donors (Lipinski definition) is 2.